The number of rotatable bonds is 3. The van der Waals surface area contributed by atoms with Gasteiger partial charge in [-0.1, -0.05) is 49.2 Å². The van der Waals surface area contributed by atoms with Gasteiger partial charge in [-0.05, 0) is 43.1 Å². The van der Waals surface area contributed by atoms with E-state index in [1.165, 1.54) is 49.3 Å². The zero-order valence-corrected chi connectivity index (χ0v) is 14.2. The molecule has 1 amide bonds. The first-order valence-electron chi connectivity index (χ1n) is 9.34. The highest BCUT2D eigenvalue weighted by Gasteiger charge is 2.35. The zero-order chi connectivity index (χ0) is 16.4. The molecule has 0 bridgehead atoms. The van der Waals surface area contributed by atoms with Crippen LogP contribution in [0, 0.1) is 5.92 Å². The van der Waals surface area contributed by atoms with Crippen molar-refractivity contribution in [3.8, 4) is 0 Å². The van der Waals surface area contributed by atoms with Crippen LogP contribution in [0.2, 0.25) is 0 Å². The van der Waals surface area contributed by atoms with Crippen LogP contribution in [0.5, 0.6) is 0 Å². The van der Waals surface area contributed by atoms with E-state index in [1.54, 1.807) is 0 Å². The molecule has 1 aliphatic heterocycles. The van der Waals surface area contributed by atoms with Gasteiger partial charge in [-0.2, -0.15) is 0 Å². The summed E-state index contributed by atoms with van der Waals surface area (Å²) in [5, 5.41) is 5.78. The first-order valence-corrected chi connectivity index (χ1v) is 9.34. The maximum atomic E-state index is 12.8. The molecule has 1 N–H and O–H groups in total. The van der Waals surface area contributed by atoms with Crippen molar-refractivity contribution in [2.24, 2.45) is 5.92 Å². The van der Waals surface area contributed by atoms with Crippen molar-refractivity contribution in [3.63, 3.8) is 0 Å². The minimum Gasteiger partial charge on any atom is -0.376 e. The van der Waals surface area contributed by atoms with Gasteiger partial charge >= 0.3 is 0 Å². The van der Waals surface area contributed by atoms with Gasteiger partial charge in [0.25, 0.3) is 0 Å². The fraction of sp³-hybridized carbons (Fsp3) is 0.476. The quantitative estimate of drug-likeness (QED) is 0.906. The molecular formula is C21H26N2O. The van der Waals surface area contributed by atoms with Gasteiger partial charge in [0.15, 0.2) is 0 Å². The van der Waals surface area contributed by atoms with Gasteiger partial charge in [0.2, 0.25) is 5.91 Å². The number of anilines is 1. The number of hydrogen-bond acceptors (Lipinski definition) is 2. The first kappa shape index (κ1) is 15.5. The Kier molecular flexibility index (Phi) is 4.42. The molecule has 1 saturated heterocycles. The molecule has 4 rings (SSSR count). The minimum atomic E-state index is 0.263. The van der Waals surface area contributed by atoms with Crippen molar-refractivity contribution in [1.29, 1.82) is 0 Å². The number of benzene rings is 2. The number of nitrogens with one attached hydrogen (secondary N) is 1. The lowest BCUT2D eigenvalue weighted by atomic mass is 9.78. The summed E-state index contributed by atoms with van der Waals surface area (Å²) in [5.74, 6) is 1.01. The molecule has 1 aliphatic carbocycles. The molecule has 3 heteroatoms. The molecule has 1 heterocycles. The van der Waals surface area contributed by atoms with Crippen LogP contribution in [0.15, 0.2) is 42.5 Å². The van der Waals surface area contributed by atoms with Crippen LogP contribution in [-0.2, 0) is 4.79 Å². The normalized spacial score (nSPS) is 23.8. The summed E-state index contributed by atoms with van der Waals surface area (Å²) in [6, 6.07) is 15.0. The van der Waals surface area contributed by atoms with Gasteiger partial charge in [-0.25, -0.2) is 0 Å². The molecule has 24 heavy (non-hydrogen) atoms. The summed E-state index contributed by atoms with van der Waals surface area (Å²) in [5.41, 5.74) is 1.05. The largest absolute Gasteiger partial charge is 0.376 e. The second kappa shape index (κ2) is 6.84. The number of likely N-dealkylation sites (tertiary alicyclic amines) is 1. The molecule has 126 valence electrons. The minimum absolute atomic E-state index is 0.263. The molecule has 3 nitrogen and oxygen atoms in total. The lowest BCUT2D eigenvalue weighted by molar-refractivity contribution is -0.135. The van der Waals surface area contributed by atoms with E-state index in [9.17, 15) is 4.79 Å². The maximum Gasteiger partial charge on any atom is 0.242 e. The number of carbonyl (C=O) groups excluding carboxylic acids is 1. The number of piperidine rings is 1. The van der Waals surface area contributed by atoms with Gasteiger partial charge in [0.05, 0.1) is 6.54 Å². The van der Waals surface area contributed by atoms with Crippen LogP contribution in [0.3, 0.4) is 0 Å². The average Bonchev–Trinajstić information content (AvgIpc) is 2.65. The predicted molar refractivity (Wildman–Crippen MR) is 99.1 cm³/mol. The van der Waals surface area contributed by atoms with Crippen LogP contribution in [-0.4, -0.2) is 29.9 Å². The maximum absolute atomic E-state index is 12.8. The van der Waals surface area contributed by atoms with Crippen molar-refractivity contribution in [1.82, 2.24) is 4.90 Å². The van der Waals surface area contributed by atoms with Crippen LogP contribution in [0.4, 0.5) is 5.69 Å². The van der Waals surface area contributed by atoms with Crippen LogP contribution in [0.1, 0.15) is 38.5 Å². The van der Waals surface area contributed by atoms with E-state index in [4.69, 9.17) is 0 Å². The zero-order valence-electron chi connectivity index (χ0n) is 14.2. The molecule has 2 atom stereocenters. The Morgan fingerprint density at radius 2 is 1.79 bits per heavy atom. The molecule has 2 fully saturated rings. The third-order valence-electron chi connectivity index (χ3n) is 5.78. The Bertz CT molecular complexity index is 719. The van der Waals surface area contributed by atoms with E-state index in [-0.39, 0.29) is 5.91 Å². The molecule has 0 aromatic heterocycles. The number of carbonyl (C=O) groups is 1. The Labute approximate surface area is 144 Å². The molecule has 1 saturated carbocycles. The number of amides is 1. The number of hydrogen-bond donors (Lipinski definition) is 1. The molecule has 2 aromatic rings. The van der Waals surface area contributed by atoms with Gasteiger partial charge in [0, 0.05) is 23.7 Å². The third-order valence-corrected chi connectivity index (χ3v) is 5.78. The van der Waals surface area contributed by atoms with Crippen LogP contribution in [0.25, 0.3) is 10.8 Å². The Morgan fingerprint density at radius 1 is 1.00 bits per heavy atom. The van der Waals surface area contributed by atoms with Crippen molar-refractivity contribution in [2.45, 2.75) is 44.6 Å². The molecule has 0 unspecified atom stereocenters. The Balaban J connectivity index is 1.46. The van der Waals surface area contributed by atoms with Crippen LogP contribution < -0.4 is 5.32 Å². The predicted octanol–water partition coefficient (Wildman–Crippen LogP) is 4.43. The van der Waals surface area contributed by atoms with Crippen molar-refractivity contribution in [3.05, 3.63) is 42.5 Å². The topological polar surface area (TPSA) is 32.3 Å². The van der Waals surface area contributed by atoms with E-state index in [0.29, 0.717) is 12.6 Å². The third kappa shape index (κ3) is 3.00. The SMILES string of the molecule is O=C(CNc1cccc2ccccc12)N1CCC[C@H]2CCCC[C@@H]21. The highest BCUT2D eigenvalue weighted by molar-refractivity contribution is 5.95. The standard InChI is InChI=1S/C21H26N2O/c24-21(23-14-6-10-17-8-2-4-13-20(17)23)15-22-19-12-5-9-16-7-1-3-11-18(16)19/h1,3,5,7,9,11-12,17,20,22H,2,4,6,8,10,13-15H2/t17-,20+/m1/s1. The fourth-order valence-corrected chi connectivity index (χ4v) is 4.59. The lowest BCUT2D eigenvalue weighted by Gasteiger charge is -2.44. The fourth-order valence-electron chi connectivity index (χ4n) is 4.59. The van der Waals surface area contributed by atoms with E-state index < -0.39 is 0 Å². The summed E-state index contributed by atoms with van der Waals surface area (Å²) >= 11 is 0. The Morgan fingerprint density at radius 3 is 2.75 bits per heavy atom. The molecule has 2 aliphatic rings. The van der Waals surface area contributed by atoms with Gasteiger partial charge in [0.1, 0.15) is 0 Å². The van der Waals surface area contributed by atoms with Crippen molar-refractivity contribution in [2.75, 3.05) is 18.4 Å². The van der Waals surface area contributed by atoms with Gasteiger partial charge in [-0.15, -0.1) is 0 Å². The van der Waals surface area contributed by atoms with E-state index in [1.807, 2.05) is 18.2 Å². The lowest BCUT2D eigenvalue weighted by Crippen LogP contribution is -2.51. The second-order valence-electron chi connectivity index (χ2n) is 7.22. The van der Waals surface area contributed by atoms with E-state index in [2.05, 4.69) is 34.5 Å². The van der Waals surface area contributed by atoms with E-state index in [0.717, 1.165) is 18.2 Å². The summed E-state index contributed by atoms with van der Waals surface area (Å²) in [6.07, 6.45) is 7.61. The van der Waals surface area contributed by atoms with Crippen molar-refractivity contribution >= 4 is 22.4 Å². The first-order chi connectivity index (χ1) is 11.8. The summed E-state index contributed by atoms with van der Waals surface area (Å²) < 4.78 is 0. The average molecular weight is 322 g/mol. The summed E-state index contributed by atoms with van der Waals surface area (Å²) in [4.78, 5) is 15.0. The molecule has 2 aromatic carbocycles. The van der Waals surface area contributed by atoms with Gasteiger partial charge < -0.3 is 10.2 Å². The molecule has 0 radical (unpaired) electrons. The second-order valence-corrected chi connectivity index (χ2v) is 7.22. The number of nitrogens with zero attached hydrogens (tertiary/aromatic N) is 1. The Hall–Kier alpha value is -2.03. The highest BCUT2D eigenvalue weighted by Crippen LogP contribution is 2.35. The van der Waals surface area contributed by atoms with Gasteiger partial charge in [-0.3, -0.25) is 4.79 Å². The summed E-state index contributed by atoms with van der Waals surface area (Å²) in [6.45, 7) is 1.34. The number of fused-ring (bicyclic) bond motifs is 2. The molecule has 0 spiro atoms. The molecular weight excluding hydrogens is 296 g/mol. The smallest absolute Gasteiger partial charge is 0.242 e. The summed E-state index contributed by atoms with van der Waals surface area (Å²) in [7, 11) is 0. The highest BCUT2D eigenvalue weighted by atomic mass is 16.2. The van der Waals surface area contributed by atoms with Crippen molar-refractivity contribution < 1.29 is 4.79 Å². The van der Waals surface area contributed by atoms with E-state index >= 15 is 0 Å². The monoisotopic (exact) mass is 322 g/mol. The van der Waals surface area contributed by atoms with Crippen LogP contribution >= 0.6 is 0 Å².